The molecule has 0 atom stereocenters. The Bertz CT molecular complexity index is 592. The molecule has 2 aromatic rings. The van der Waals surface area contributed by atoms with Crippen LogP contribution in [0.3, 0.4) is 0 Å². The summed E-state index contributed by atoms with van der Waals surface area (Å²) in [6.45, 7) is 0.408. The number of halogens is 2. The largest absolute Gasteiger partial charge is 0.378 e. The summed E-state index contributed by atoms with van der Waals surface area (Å²) in [5, 5.41) is 3.69. The Hall–Kier alpha value is -1.17. The van der Waals surface area contributed by atoms with Crippen LogP contribution in [-0.2, 0) is 11.3 Å². The predicted octanol–water partition coefficient (Wildman–Crippen LogP) is 3.75. The number of ether oxygens (including phenoxy) is 1. The van der Waals surface area contributed by atoms with Crippen LogP contribution in [0.25, 0.3) is 11.4 Å². The number of anilines is 1. The van der Waals surface area contributed by atoms with Crippen molar-refractivity contribution in [1.29, 1.82) is 0 Å². The van der Waals surface area contributed by atoms with Gasteiger partial charge in [0.05, 0.1) is 16.8 Å². The van der Waals surface area contributed by atoms with Gasteiger partial charge >= 0.3 is 0 Å². The third-order valence-electron chi connectivity index (χ3n) is 2.52. The molecule has 0 radical (unpaired) electrons. The fourth-order valence-corrected chi connectivity index (χ4v) is 2.33. The van der Waals surface area contributed by atoms with Crippen molar-refractivity contribution in [3.8, 4) is 11.4 Å². The summed E-state index contributed by atoms with van der Waals surface area (Å²) in [5.74, 6) is 1.33. The SMILES string of the molecule is CNc1nc(-c2cccc(Cl)c2)nc(COC)c1Br. The van der Waals surface area contributed by atoms with Crippen LogP contribution in [0.15, 0.2) is 28.7 Å². The smallest absolute Gasteiger partial charge is 0.161 e. The lowest BCUT2D eigenvalue weighted by molar-refractivity contribution is 0.181. The molecule has 0 fully saturated rings. The fraction of sp³-hybridized carbons (Fsp3) is 0.231. The molecule has 0 aliphatic heterocycles. The molecule has 1 aromatic carbocycles. The van der Waals surface area contributed by atoms with Crippen molar-refractivity contribution in [3.05, 3.63) is 39.5 Å². The highest BCUT2D eigenvalue weighted by Crippen LogP contribution is 2.28. The van der Waals surface area contributed by atoms with Gasteiger partial charge in [-0.1, -0.05) is 23.7 Å². The molecule has 19 heavy (non-hydrogen) atoms. The van der Waals surface area contributed by atoms with E-state index in [-0.39, 0.29) is 0 Å². The average Bonchev–Trinajstić information content (AvgIpc) is 2.41. The highest BCUT2D eigenvalue weighted by Gasteiger charge is 2.12. The minimum Gasteiger partial charge on any atom is -0.378 e. The first-order chi connectivity index (χ1) is 9.15. The minimum atomic E-state index is 0.408. The summed E-state index contributed by atoms with van der Waals surface area (Å²) < 4.78 is 5.96. The van der Waals surface area contributed by atoms with Crippen LogP contribution in [0.4, 0.5) is 5.82 Å². The Morgan fingerprint density at radius 1 is 1.37 bits per heavy atom. The highest BCUT2D eigenvalue weighted by atomic mass is 79.9. The van der Waals surface area contributed by atoms with E-state index < -0.39 is 0 Å². The quantitative estimate of drug-likeness (QED) is 0.919. The third kappa shape index (κ3) is 3.23. The molecule has 4 nitrogen and oxygen atoms in total. The van der Waals surface area contributed by atoms with Crippen molar-refractivity contribution < 1.29 is 4.74 Å². The van der Waals surface area contributed by atoms with Crippen molar-refractivity contribution >= 4 is 33.3 Å². The van der Waals surface area contributed by atoms with Crippen molar-refractivity contribution in [2.24, 2.45) is 0 Å². The summed E-state index contributed by atoms with van der Waals surface area (Å²) in [4.78, 5) is 8.96. The second kappa shape index (κ2) is 6.32. The highest BCUT2D eigenvalue weighted by molar-refractivity contribution is 9.10. The van der Waals surface area contributed by atoms with Gasteiger partial charge < -0.3 is 10.1 Å². The van der Waals surface area contributed by atoms with Gasteiger partial charge in [-0.2, -0.15) is 0 Å². The Labute approximate surface area is 125 Å². The fourth-order valence-electron chi connectivity index (χ4n) is 1.65. The van der Waals surface area contributed by atoms with Crippen LogP contribution >= 0.6 is 27.5 Å². The minimum absolute atomic E-state index is 0.408. The number of aromatic nitrogens is 2. The molecule has 0 spiro atoms. The maximum atomic E-state index is 6.00. The lowest BCUT2D eigenvalue weighted by Crippen LogP contribution is -2.04. The number of nitrogens with zero attached hydrogens (tertiary/aromatic N) is 2. The average molecular weight is 343 g/mol. The Kier molecular flexibility index (Phi) is 4.74. The zero-order valence-electron chi connectivity index (χ0n) is 10.6. The molecule has 0 amide bonds. The zero-order valence-corrected chi connectivity index (χ0v) is 12.9. The molecule has 0 saturated carbocycles. The molecule has 0 bridgehead atoms. The maximum absolute atomic E-state index is 6.00. The van der Waals surface area contributed by atoms with Gasteiger partial charge in [-0.25, -0.2) is 9.97 Å². The molecular formula is C13H13BrClN3O. The molecule has 6 heteroatoms. The van der Waals surface area contributed by atoms with Gasteiger partial charge in [-0.3, -0.25) is 0 Å². The van der Waals surface area contributed by atoms with Crippen molar-refractivity contribution in [1.82, 2.24) is 9.97 Å². The molecule has 2 rings (SSSR count). The second-order valence-electron chi connectivity index (χ2n) is 3.85. The number of hydrogen-bond acceptors (Lipinski definition) is 4. The first-order valence-corrected chi connectivity index (χ1v) is 6.82. The van der Waals surface area contributed by atoms with Crippen LogP contribution in [0.1, 0.15) is 5.69 Å². The topological polar surface area (TPSA) is 47.0 Å². The normalized spacial score (nSPS) is 10.5. The van der Waals surface area contributed by atoms with Gasteiger partial charge in [-0.05, 0) is 28.1 Å². The Morgan fingerprint density at radius 3 is 2.79 bits per heavy atom. The van der Waals surface area contributed by atoms with Gasteiger partial charge in [0.2, 0.25) is 0 Å². The molecule has 0 unspecified atom stereocenters. The van der Waals surface area contributed by atoms with Gasteiger partial charge in [0.15, 0.2) is 5.82 Å². The number of hydrogen-bond donors (Lipinski definition) is 1. The molecule has 1 N–H and O–H groups in total. The van der Waals surface area contributed by atoms with E-state index in [9.17, 15) is 0 Å². The molecule has 0 aliphatic rings. The van der Waals surface area contributed by atoms with Crippen molar-refractivity contribution in [3.63, 3.8) is 0 Å². The van der Waals surface area contributed by atoms with E-state index in [0.29, 0.717) is 17.5 Å². The van der Waals surface area contributed by atoms with Crippen LogP contribution < -0.4 is 5.32 Å². The third-order valence-corrected chi connectivity index (χ3v) is 3.59. The van der Waals surface area contributed by atoms with E-state index in [1.54, 1.807) is 7.11 Å². The van der Waals surface area contributed by atoms with E-state index in [1.165, 1.54) is 0 Å². The summed E-state index contributed by atoms with van der Waals surface area (Å²) in [6, 6.07) is 7.45. The van der Waals surface area contributed by atoms with Gasteiger partial charge in [0, 0.05) is 24.7 Å². The van der Waals surface area contributed by atoms with E-state index >= 15 is 0 Å². The van der Waals surface area contributed by atoms with Gasteiger partial charge in [-0.15, -0.1) is 0 Å². The molecule has 1 aromatic heterocycles. The number of nitrogens with one attached hydrogen (secondary N) is 1. The summed E-state index contributed by atoms with van der Waals surface area (Å²) in [7, 11) is 3.44. The first kappa shape index (κ1) is 14.2. The predicted molar refractivity (Wildman–Crippen MR) is 80.4 cm³/mol. The van der Waals surface area contributed by atoms with Gasteiger partial charge in [0.25, 0.3) is 0 Å². The van der Waals surface area contributed by atoms with Crippen LogP contribution in [0, 0.1) is 0 Å². The summed E-state index contributed by atoms with van der Waals surface area (Å²) in [6.07, 6.45) is 0. The molecular weight excluding hydrogens is 330 g/mol. The lowest BCUT2D eigenvalue weighted by Gasteiger charge is -2.10. The molecule has 0 aliphatic carbocycles. The molecule has 1 heterocycles. The van der Waals surface area contributed by atoms with Crippen molar-refractivity contribution in [2.75, 3.05) is 19.5 Å². The Morgan fingerprint density at radius 2 is 2.16 bits per heavy atom. The van der Waals surface area contributed by atoms with E-state index in [1.807, 2.05) is 31.3 Å². The van der Waals surface area contributed by atoms with Crippen LogP contribution in [-0.4, -0.2) is 24.1 Å². The standard InChI is InChI=1S/C13H13BrClN3O/c1-16-13-11(14)10(7-19-2)17-12(18-13)8-4-3-5-9(15)6-8/h3-6H,7H2,1-2H3,(H,16,17,18). The zero-order chi connectivity index (χ0) is 13.8. The lowest BCUT2D eigenvalue weighted by atomic mass is 10.2. The van der Waals surface area contributed by atoms with E-state index in [2.05, 4.69) is 31.2 Å². The van der Waals surface area contributed by atoms with E-state index in [0.717, 1.165) is 21.5 Å². The molecule has 100 valence electrons. The Balaban J connectivity index is 2.54. The van der Waals surface area contributed by atoms with Gasteiger partial charge in [0.1, 0.15) is 5.82 Å². The van der Waals surface area contributed by atoms with Crippen LogP contribution in [0.2, 0.25) is 5.02 Å². The first-order valence-electron chi connectivity index (χ1n) is 5.64. The maximum Gasteiger partial charge on any atom is 0.161 e. The van der Waals surface area contributed by atoms with E-state index in [4.69, 9.17) is 16.3 Å². The second-order valence-corrected chi connectivity index (χ2v) is 5.08. The number of rotatable bonds is 4. The number of benzene rings is 1. The molecule has 0 saturated heterocycles. The van der Waals surface area contributed by atoms with Crippen LogP contribution in [0.5, 0.6) is 0 Å². The monoisotopic (exact) mass is 341 g/mol. The summed E-state index contributed by atoms with van der Waals surface area (Å²) in [5.41, 5.74) is 1.66. The van der Waals surface area contributed by atoms with Crippen molar-refractivity contribution in [2.45, 2.75) is 6.61 Å². The summed E-state index contributed by atoms with van der Waals surface area (Å²) >= 11 is 9.47. The number of methoxy groups -OCH3 is 1.